The Labute approximate surface area is 147 Å². The van der Waals surface area contributed by atoms with Gasteiger partial charge in [0.15, 0.2) is 11.5 Å². The fourth-order valence-corrected chi connectivity index (χ4v) is 3.23. The van der Waals surface area contributed by atoms with Crippen LogP contribution >= 0.6 is 11.8 Å². The third kappa shape index (κ3) is 4.68. The fraction of sp³-hybridized carbons (Fsp3) is 0.316. The molecule has 0 spiro atoms. The molecule has 0 atom stereocenters. The second kappa shape index (κ2) is 8.64. The Bertz CT molecular complexity index is 701. The fourth-order valence-electron chi connectivity index (χ4n) is 2.28. The normalized spacial score (nSPS) is 10.5. The van der Waals surface area contributed by atoms with Gasteiger partial charge < -0.3 is 14.8 Å². The predicted octanol–water partition coefficient (Wildman–Crippen LogP) is 4.13. The Hall–Kier alpha value is -2.14. The molecule has 2 aromatic carbocycles. The monoisotopic (exact) mass is 345 g/mol. The zero-order chi connectivity index (χ0) is 17.5. The molecule has 2 rings (SSSR count). The van der Waals surface area contributed by atoms with E-state index in [-0.39, 0.29) is 5.91 Å². The first-order valence-electron chi connectivity index (χ1n) is 7.80. The highest BCUT2D eigenvalue weighted by Gasteiger charge is 2.12. The highest BCUT2D eigenvalue weighted by molar-refractivity contribution is 8.00. The molecule has 0 saturated carbocycles. The van der Waals surface area contributed by atoms with Gasteiger partial charge in [-0.15, -0.1) is 11.8 Å². The van der Waals surface area contributed by atoms with Crippen molar-refractivity contribution < 1.29 is 14.3 Å². The van der Waals surface area contributed by atoms with Gasteiger partial charge in [-0.2, -0.15) is 0 Å². The molecule has 24 heavy (non-hydrogen) atoms. The van der Waals surface area contributed by atoms with Crippen LogP contribution in [0.2, 0.25) is 0 Å². The molecular formula is C19H23NO3S. The van der Waals surface area contributed by atoms with E-state index in [2.05, 4.69) is 19.2 Å². The van der Waals surface area contributed by atoms with Crippen molar-refractivity contribution in [2.75, 3.05) is 14.2 Å². The number of amides is 1. The summed E-state index contributed by atoms with van der Waals surface area (Å²) in [6.07, 6.45) is 0. The largest absolute Gasteiger partial charge is 0.493 e. The van der Waals surface area contributed by atoms with Crippen molar-refractivity contribution >= 4 is 17.7 Å². The van der Waals surface area contributed by atoms with Crippen LogP contribution in [0, 0.1) is 0 Å². The summed E-state index contributed by atoms with van der Waals surface area (Å²) < 4.78 is 10.5. The SMILES string of the molecule is COc1ccc(CNC(=O)c2ccccc2SC(C)C)cc1OC. The summed E-state index contributed by atoms with van der Waals surface area (Å²) in [4.78, 5) is 13.5. The van der Waals surface area contributed by atoms with Gasteiger partial charge in [-0.25, -0.2) is 0 Å². The van der Waals surface area contributed by atoms with Crippen molar-refractivity contribution in [2.24, 2.45) is 0 Å². The highest BCUT2D eigenvalue weighted by atomic mass is 32.2. The smallest absolute Gasteiger partial charge is 0.252 e. The summed E-state index contributed by atoms with van der Waals surface area (Å²) in [6.45, 7) is 4.66. The molecule has 0 aromatic heterocycles. The Morgan fingerprint density at radius 2 is 1.79 bits per heavy atom. The van der Waals surface area contributed by atoms with Gasteiger partial charge in [0.2, 0.25) is 0 Å². The van der Waals surface area contributed by atoms with E-state index in [1.165, 1.54) is 0 Å². The first-order chi connectivity index (χ1) is 11.5. The predicted molar refractivity (Wildman–Crippen MR) is 98.2 cm³/mol. The molecule has 2 aromatic rings. The molecule has 1 amide bonds. The lowest BCUT2D eigenvalue weighted by Gasteiger charge is -2.13. The number of hydrogen-bond acceptors (Lipinski definition) is 4. The summed E-state index contributed by atoms with van der Waals surface area (Å²) in [7, 11) is 3.20. The molecule has 0 bridgehead atoms. The number of hydrogen-bond donors (Lipinski definition) is 1. The van der Waals surface area contributed by atoms with Crippen LogP contribution in [0.25, 0.3) is 0 Å². The van der Waals surface area contributed by atoms with Gasteiger partial charge >= 0.3 is 0 Å². The third-order valence-electron chi connectivity index (χ3n) is 3.40. The maximum atomic E-state index is 12.5. The number of ether oxygens (including phenoxy) is 2. The zero-order valence-corrected chi connectivity index (χ0v) is 15.3. The van der Waals surface area contributed by atoms with Crippen LogP contribution in [0.4, 0.5) is 0 Å². The van der Waals surface area contributed by atoms with Crippen LogP contribution in [0.1, 0.15) is 29.8 Å². The molecule has 0 aliphatic heterocycles. The molecule has 0 aliphatic rings. The topological polar surface area (TPSA) is 47.6 Å². The van der Waals surface area contributed by atoms with Crippen LogP contribution in [0.3, 0.4) is 0 Å². The lowest BCUT2D eigenvalue weighted by atomic mass is 10.1. The van der Waals surface area contributed by atoms with Crippen molar-refractivity contribution in [1.82, 2.24) is 5.32 Å². The lowest BCUT2D eigenvalue weighted by molar-refractivity contribution is 0.0948. The lowest BCUT2D eigenvalue weighted by Crippen LogP contribution is -2.23. The van der Waals surface area contributed by atoms with E-state index in [9.17, 15) is 4.79 Å². The number of rotatable bonds is 7. The van der Waals surface area contributed by atoms with E-state index in [1.54, 1.807) is 26.0 Å². The summed E-state index contributed by atoms with van der Waals surface area (Å²) in [5.74, 6) is 1.25. The van der Waals surface area contributed by atoms with E-state index in [1.807, 2.05) is 42.5 Å². The maximum absolute atomic E-state index is 12.5. The molecule has 5 heteroatoms. The number of carbonyl (C=O) groups excluding carboxylic acids is 1. The minimum absolute atomic E-state index is 0.0754. The van der Waals surface area contributed by atoms with Crippen LogP contribution in [-0.4, -0.2) is 25.4 Å². The Balaban J connectivity index is 2.08. The molecule has 0 radical (unpaired) electrons. The number of methoxy groups -OCH3 is 2. The van der Waals surface area contributed by atoms with Crippen molar-refractivity contribution in [2.45, 2.75) is 30.5 Å². The average Bonchev–Trinajstić information content (AvgIpc) is 2.59. The molecule has 1 N–H and O–H groups in total. The van der Waals surface area contributed by atoms with Crippen LogP contribution in [0.5, 0.6) is 11.5 Å². The minimum atomic E-state index is -0.0754. The average molecular weight is 345 g/mol. The van der Waals surface area contributed by atoms with Crippen LogP contribution in [0.15, 0.2) is 47.4 Å². The van der Waals surface area contributed by atoms with E-state index in [4.69, 9.17) is 9.47 Å². The number of benzene rings is 2. The second-order valence-corrected chi connectivity index (χ2v) is 7.15. The zero-order valence-electron chi connectivity index (χ0n) is 14.5. The van der Waals surface area contributed by atoms with Crippen molar-refractivity contribution in [3.63, 3.8) is 0 Å². The number of thioether (sulfide) groups is 1. The second-order valence-electron chi connectivity index (χ2n) is 5.53. The standard InChI is InChI=1S/C19H23NO3S/c1-13(2)24-18-8-6-5-7-15(18)19(21)20-12-14-9-10-16(22-3)17(11-14)23-4/h5-11,13H,12H2,1-4H3,(H,20,21). The Morgan fingerprint density at radius 3 is 2.46 bits per heavy atom. The van der Waals surface area contributed by atoms with Crippen molar-refractivity contribution in [3.05, 3.63) is 53.6 Å². The van der Waals surface area contributed by atoms with E-state index >= 15 is 0 Å². The quantitative estimate of drug-likeness (QED) is 0.766. The molecule has 0 unspecified atom stereocenters. The maximum Gasteiger partial charge on any atom is 0.252 e. The molecule has 0 aliphatic carbocycles. The molecule has 0 heterocycles. The summed E-state index contributed by atoms with van der Waals surface area (Å²) in [5, 5.41) is 3.39. The first kappa shape index (κ1) is 18.2. The summed E-state index contributed by atoms with van der Waals surface area (Å²) in [6, 6.07) is 13.3. The molecular weight excluding hydrogens is 322 g/mol. The Kier molecular flexibility index (Phi) is 6.55. The molecule has 128 valence electrons. The van der Waals surface area contributed by atoms with Crippen LogP contribution in [-0.2, 0) is 6.54 Å². The third-order valence-corrected chi connectivity index (χ3v) is 4.48. The van der Waals surface area contributed by atoms with Gasteiger partial charge in [0.05, 0.1) is 19.8 Å². The van der Waals surface area contributed by atoms with Gasteiger partial charge in [-0.3, -0.25) is 4.79 Å². The molecule has 0 fully saturated rings. The molecule has 4 nitrogen and oxygen atoms in total. The van der Waals surface area contributed by atoms with Gasteiger partial charge in [0.25, 0.3) is 5.91 Å². The van der Waals surface area contributed by atoms with Crippen molar-refractivity contribution in [3.8, 4) is 11.5 Å². The van der Waals surface area contributed by atoms with Gasteiger partial charge in [0, 0.05) is 16.7 Å². The van der Waals surface area contributed by atoms with E-state index in [0.29, 0.717) is 28.9 Å². The molecule has 0 saturated heterocycles. The van der Waals surface area contributed by atoms with Crippen LogP contribution < -0.4 is 14.8 Å². The van der Waals surface area contributed by atoms with E-state index in [0.717, 1.165) is 10.5 Å². The highest BCUT2D eigenvalue weighted by Crippen LogP contribution is 2.28. The first-order valence-corrected chi connectivity index (χ1v) is 8.68. The summed E-state index contributed by atoms with van der Waals surface area (Å²) >= 11 is 1.69. The Morgan fingerprint density at radius 1 is 1.08 bits per heavy atom. The number of nitrogens with one attached hydrogen (secondary N) is 1. The number of carbonyl (C=O) groups is 1. The minimum Gasteiger partial charge on any atom is -0.493 e. The summed E-state index contributed by atoms with van der Waals surface area (Å²) in [5.41, 5.74) is 1.66. The van der Waals surface area contributed by atoms with Gasteiger partial charge in [-0.05, 0) is 29.8 Å². The van der Waals surface area contributed by atoms with E-state index < -0.39 is 0 Å². The van der Waals surface area contributed by atoms with Gasteiger partial charge in [-0.1, -0.05) is 32.0 Å². The van der Waals surface area contributed by atoms with Crippen molar-refractivity contribution in [1.29, 1.82) is 0 Å². The van der Waals surface area contributed by atoms with Gasteiger partial charge in [0.1, 0.15) is 0 Å².